The van der Waals surface area contributed by atoms with Gasteiger partial charge in [0.05, 0.1) is 6.54 Å². The van der Waals surface area contributed by atoms with Gasteiger partial charge in [0.25, 0.3) is 0 Å². The highest BCUT2D eigenvalue weighted by molar-refractivity contribution is 5.69. The van der Waals surface area contributed by atoms with Crippen LogP contribution in [0.1, 0.15) is 19.3 Å². The van der Waals surface area contributed by atoms with Gasteiger partial charge in [-0.25, -0.2) is 4.79 Å². The quantitative estimate of drug-likeness (QED) is 0.682. The average molecular weight is 184 g/mol. The predicted molar refractivity (Wildman–Crippen MR) is 48.6 cm³/mol. The van der Waals surface area contributed by atoms with Crippen LogP contribution in [0.15, 0.2) is 0 Å². The van der Waals surface area contributed by atoms with E-state index in [4.69, 9.17) is 4.74 Å². The molecule has 0 aromatic carbocycles. The number of alkyl carbamates (subject to hydrolysis) is 1. The zero-order valence-corrected chi connectivity index (χ0v) is 7.79. The second-order valence-corrected chi connectivity index (χ2v) is 3.77. The molecule has 1 atom stereocenters. The molecular formula is C9H16N2O2. The van der Waals surface area contributed by atoms with E-state index in [0.29, 0.717) is 6.54 Å². The molecule has 0 radical (unpaired) electrons. The largest absolute Gasteiger partial charge is 0.443 e. The van der Waals surface area contributed by atoms with E-state index in [1.165, 1.54) is 19.3 Å². The number of cyclic esters (lactones) is 1. The van der Waals surface area contributed by atoms with E-state index in [9.17, 15) is 4.79 Å². The fraction of sp³-hybridized carbons (Fsp3) is 0.889. The number of rotatable bonds is 2. The van der Waals surface area contributed by atoms with Crippen molar-refractivity contribution < 1.29 is 9.53 Å². The summed E-state index contributed by atoms with van der Waals surface area (Å²) in [5, 5.41) is 2.67. The lowest BCUT2D eigenvalue weighted by Gasteiger charge is -2.27. The molecule has 0 saturated carbocycles. The zero-order valence-electron chi connectivity index (χ0n) is 7.79. The Kier molecular flexibility index (Phi) is 2.68. The Bertz CT molecular complexity index is 190. The summed E-state index contributed by atoms with van der Waals surface area (Å²) in [4.78, 5) is 13.1. The van der Waals surface area contributed by atoms with Crippen molar-refractivity contribution in [3.8, 4) is 0 Å². The van der Waals surface area contributed by atoms with Gasteiger partial charge in [-0.3, -0.25) is 4.90 Å². The topological polar surface area (TPSA) is 41.6 Å². The van der Waals surface area contributed by atoms with Gasteiger partial charge in [0.1, 0.15) is 6.10 Å². The van der Waals surface area contributed by atoms with Crippen molar-refractivity contribution in [2.45, 2.75) is 25.4 Å². The SMILES string of the molecule is O=C1NC[C@H](CN2CCCCC2)O1. The third kappa shape index (κ3) is 2.34. The second kappa shape index (κ2) is 3.96. The zero-order chi connectivity index (χ0) is 9.10. The van der Waals surface area contributed by atoms with E-state index in [2.05, 4.69) is 10.2 Å². The lowest BCUT2D eigenvalue weighted by Crippen LogP contribution is -2.37. The Hall–Kier alpha value is -0.770. The number of hydrogen-bond acceptors (Lipinski definition) is 3. The minimum absolute atomic E-state index is 0.0746. The average Bonchev–Trinajstić information content (AvgIpc) is 2.53. The molecule has 2 aliphatic rings. The number of amides is 1. The Balaban J connectivity index is 1.73. The van der Waals surface area contributed by atoms with Crippen molar-refractivity contribution in [3.63, 3.8) is 0 Å². The van der Waals surface area contributed by atoms with Crippen molar-refractivity contribution in [1.82, 2.24) is 10.2 Å². The Morgan fingerprint density at radius 1 is 1.38 bits per heavy atom. The van der Waals surface area contributed by atoms with Gasteiger partial charge in [0.15, 0.2) is 0 Å². The van der Waals surface area contributed by atoms with Crippen LogP contribution in [0.25, 0.3) is 0 Å². The van der Waals surface area contributed by atoms with Crippen molar-refractivity contribution in [1.29, 1.82) is 0 Å². The van der Waals surface area contributed by atoms with Gasteiger partial charge in [-0.2, -0.15) is 0 Å². The van der Waals surface area contributed by atoms with Crippen LogP contribution in [0.3, 0.4) is 0 Å². The maximum absolute atomic E-state index is 10.7. The van der Waals surface area contributed by atoms with E-state index >= 15 is 0 Å². The number of hydrogen-bond donors (Lipinski definition) is 1. The standard InChI is InChI=1S/C9H16N2O2/c12-9-10-6-8(13-9)7-11-4-2-1-3-5-11/h8H,1-7H2,(H,10,12)/t8-/m1/s1. The summed E-state index contributed by atoms with van der Waals surface area (Å²) in [5.74, 6) is 0. The van der Waals surface area contributed by atoms with Gasteiger partial charge in [0, 0.05) is 6.54 Å². The van der Waals surface area contributed by atoms with Gasteiger partial charge >= 0.3 is 6.09 Å². The number of piperidine rings is 1. The summed E-state index contributed by atoms with van der Waals surface area (Å²) in [6.07, 6.45) is 3.73. The van der Waals surface area contributed by atoms with Gasteiger partial charge in [-0.15, -0.1) is 0 Å². The fourth-order valence-electron chi connectivity index (χ4n) is 1.96. The van der Waals surface area contributed by atoms with Gasteiger partial charge in [0.2, 0.25) is 0 Å². The lowest BCUT2D eigenvalue weighted by atomic mass is 10.1. The number of carbonyl (C=O) groups excluding carboxylic acids is 1. The Morgan fingerprint density at radius 3 is 2.77 bits per heavy atom. The van der Waals surface area contributed by atoms with Crippen molar-refractivity contribution in [3.05, 3.63) is 0 Å². The number of nitrogens with zero attached hydrogens (tertiary/aromatic N) is 1. The monoisotopic (exact) mass is 184 g/mol. The highest BCUT2D eigenvalue weighted by atomic mass is 16.6. The summed E-state index contributed by atoms with van der Waals surface area (Å²) in [6, 6.07) is 0. The lowest BCUT2D eigenvalue weighted by molar-refractivity contribution is 0.100. The first-order chi connectivity index (χ1) is 6.34. The summed E-state index contributed by atoms with van der Waals surface area (Å²) in [7, 11) is 0. The molecule has 0 unspecified atom stereocenters. The summed E-state index contributed by atoms with van der Waals surface area (Å²) < 4.78 is 5.07. The normalized spacial score (nSPS) is 29.8. The van der Waals surface area contributed by atoms with Gasteiger partial charge < -0.3 is 10.1 Å². The summed E-state index contributed by atoms with van der Waals surface area (Å²) in [5.41, 5.74) is 0. The number of ether oxygens (including phenoxy) is 1. The first-order valence-corrected chi connectivity index (χ1v) is 5.01. The second-order valence-electron chi connectivity index (χ2n) is 3.77. The number of carbonyl (C=O) groups is 1. The Morgan fingerprint density at radius 2 is 2.15 bits per heavy atom. The van der Waals surface area contributed by atoms with Crippen LogP contribution in [0.5, 0.6) is 0 Å². The molecule has 0 aromatic rings. The third-order valence-electron chi connectivity index (χ3n) is 2.66. The molecule has 74 valence electrons. The predicted octanol–water partition coefficient (Wildman–Crippen LogP) is 0.581. The molecule has 0 bridgehead atoms. The van der Waals surface area contributed by atoms with E-state index in [1.807, 2.05) is 0 Å². The fourth-order valence-corrected chi connectivity index (χ4v) is 1.96. The molecule has 4 heteroatoms. The first kappa shape index (κ1) is 8.81. The van der Waals surface area contributed by atoms with Gasteiger partial charge in [-0.1, -0.05) is 6.42 Å². The van der Waals surface area contributed by atoms with E-state index < -0.39 is 0 Å². The number of nitrogens with one attached hydrogen (secondary N) is 1. The molecule has 0 aromatic heterocycles. The van der Waals surface area contributed by atoms with Crippen molar-refractivity contribution in [2.24, 2.45) is 0 Å². The molecule has 13 heavy (non-hydrogen) atoms. The molecule has 4 nitrogen and oxygen atoms in total. The maximum atomic E-state index is 10.7. The molecular weight excluding hydrogens is 168 g/mol. The van der Waals surface area contributed by atoms with E-state index in [0.717, 1.165) is 19.6 Å². The smallest absolute Gasteiger partial charge is 0.407 e. The van der Waals surface area contributed by atoms with Crippen LogP contribution in [-0.4, -0.2) is 43.3 Å². The first-order valence-electron chi connectivity index (χ1n) is 5.01. The molecule has 2 rings (SSSR count). The van der Waals surface area contributed by atoms with Crippen LogP contribution in [0.4, 0.5) is 4.79 Å². The van der Waals surface area contributed by atoms with Crippen LogP contribution < -0.4 is 5.32 Å². The third-order valence-corrected chi connectivity index (χ3v) is 2.66. The van der Waals surface area contributed by atoms with E-state index in [-0.39, 0.29) is 12.2 Å². The molecule has 2 fully saturated rings. The van der Waals surface area contributed by atoms with E-state index in [1.54, 1.807) is 0 Å². The maximum Gasteiger partial charge on any atom is 0.407 e. The molecule has 2 aliphatic heterocycles. The molecule has 0 spiro atoms. The minimum Gasteiger partial charge on any atom is -0.443 e. The van der Waals surface area contributed by atoms with Crippen LogP contribution in [-0.2, 0) is 4.74 Å². The summed E-state index contributed by atoms with van der Waals surface area (Å²) >= 11 is 0. The van der Waals surface area contributed by atoms with Crippen molar-refractivity contribution in [2.75, 3.05) is 26.2 Å². The van der Waals surface area contributed by atoms with Crippen molar-refractivity contribution >= 4 is 6.09 Å². The molecule has 1 N–H and O–H groups in total. The van der Waals surface area contributed by atoms with Crippen LogP contribution in [0.2, 0.25) is 0 Å². The van der Waals surface area contributed by atoms with Crippen LogP contribution in [0, 0.1) is 0 Å². The highest BCUT2D eigenvalue weighted by Crippen LogP contribution is 2.11. The molecule has 2 heterocycles. The molecule has 2 saturated heterocycles. The minimum atomic E-state index is -0.262. The molecule has 1 amide bonds. The highest BCUT2D eigenvalue weighted by Gasteiger charge is 2.25. The molecule has 0 aliphatic carbocycles. The summed E-state index contributed by atoms with van der Waals surface area (Å²) in [6.45, 7) is 3.90. The Labute approximate surface area is 78.2 Å². The van der Waals surface area contributed by atoms with Crippen LogP contribution >= 0.6 is 0 Å². The number of likely N-dealkylation sites (tertiary alicyclic amines) is 1. The van der Waals surface area contributed by atoms with Gasteiger partial charge in [-0.05, 0) is 25.9 Å².